The zero-order valence-corrected chi connectivity index (χ0v) is 14.9. The van der Waals surface area contributed by atoms with Gasteiger partial charge < -0.3 is 9.97 Å². The summed E-state index contributed by atoms with van der Waals surface area (Å²) in [5.74, 6) is 0.301. The lowest BCUT2D eigenvalue weighted by Gasteiger charge is -2.05. The van der Waals surface area contributed by atoms with E-state index in [2.05, 4.69) is 24.9 Å². The molecule has 8 heteroatoms. The molecular weight excluding hydrogens is 365 g/mol. The molecule has 0 radical (unpaired) electrons. The zero-order valence-electron chi connectivity index (χ0n) is 14.1. The first-order valence-electron chi connectivity index (χ1n) is 8.19. The van der Waals surface area contributed by atoms with E-state index in [1.807, 2.05) is 6.92 Å². The van der Waals surface area contributed by atoms with Crippen molar-refractivity contribution in [1.29, 1.82) is 0 Å². The Morgan fingerprint density at radius 3 is 2.70 bits per heavy atom. The minimum absolute atomic E-state index is 0.263. The Hall–Kier alpha value is -3.26. The van der Waals surface area contributed by atoms with E-state index in [9.17, 15) is 9.18 Å². The molecule has 0 saturated carbocycles. The Labute approximate surface area is 155 Å². The van der Waals surface area contributed by atoms with Gasteiger partial charge in [0.05, 0.1) is 21.3 Å². The van der Waals surface area contributed by atoms with Crippen molar-refractivity contribution in [2.45, 2.75) is 17.0 Å². The molecule has 5 rings (SSSR count). The van der Waals surface area contributed by atoms with Crippen molar-refractivity contribution >= 4 is 44.3 Å². The van der Waals surface area contributed by atoms with E-state index in [4.69, 9.17) is 0 Å². The van der Waals surface area contributed by atoms with Gasteiger partial charge in [-0.15, -0.1) is 0 Å². The number of H-pyrrole nitrogens is 2. The predicted octanol–water partition coefficient (Wildman–Crippen LogP) is 3.95. The average Bonchev–Trinajstić information content (AvgIpc) is 3.07. The summed E-state index contributed by atoms with van der Waals surface area (Å²) < 4.78 is 13.9. The Morgan fingerprint density at radius 1 is 1.07 bits per heavy atom. The predicted molar refractivity (Wildman–Crippen MR) is 103 cm³/mol. The van der Waals surface area contributed by atoms with Gasteiger partial charge in [0, 0.05) is 34.7 Å². The maximum Gasteiger partial charge on any atom is 0.256 e. The van der Waals surface area contributed by atoms with Crippen molar-refractivity contribution < 1.29 is 4.39 Å². The van der Waals surface area contributed by atoms with E-state index < -0.39 is 5.82 Å². The topological polar surface area (TPSA) is 87.3 Å². The van der Waals surface area contributed by atoms with E-state index in [0.29, 0.717) is 32.7 Å². The number of pyridine rings is 1. The van der Waals surface area contributed by atoms with Gasteiger partial charge in [0.15, 0.2) is 5.16 Å². The third kappa shape index (κ3) is 2.57. The van der Waals surface area contributed by atoms with Gasteiger partial charge in [0.1, 0.15) is 11.6 Å². The Balaban J connectivity index is 1.82. The number of nitrogens with one attached hydrogen (secondary N) is 2. The molecule has 0 unspecified atom stereocenters. The monoisotopic (exact) mass is 377 g/mol. The number of aryl methyl sites for hydroxylation is 1. The van der Waals surface area contributed by atoms with Crippen LogP contribution in [0.5, 0.6) is 0 Å². The minimum Gasteiger partial charge on any atom is -0.332 e. The molecule has 3 heterocycles. The van der Waals surface area contributed by atoms with Gasteiger partial charge in [0.25, 0.3) is 5.56 Å². The van der Waals surface area contributed by atoms with Crippen molar-refractivity contribution in [1.82, 2.24) is 24.9 Å². The van der Waals surface area contributed by atoms with Gasteiger partial charge in [-0.25, -0.2) is 19.3 Å². The SMILES string of the molecule is Cc1ncc(Sc2nc3c4ccc(F)cc4c4c(=O)[nH]ccc4c3[nH]2)cn1. The lowest BCUT2D eigenvalue weighted by atomic mass is 10.0. The van der Waals surface area contributed by atoms with Crippen molar-refractivity contribution in [2.75, 3.05) is 0 Å². The van der Waals surface area contributed by atoms with Crippen LogP contribution >= 0.6 is 11.8 Å². The summed E-state index contributed by atoms with van der Waals surface area (Å²) in [5, 5.41) is 3.06. The van der Waals surface area contributed by atoms with Gasteiger partial charge >= 0.3 is 0 Å². The molecule has 2 N–H and O–H groups in total. The number of hydrogen-bond donors (Lipinski definition) is 2. The summed E-state index contributed by atoms with van der Waals surface area (Å²) >= 11 is 1.39. The maximum atomic E-state index is 13.9. The molecule has 27 heavy (non-hydrogen) atoms. The van der Waals surface area contributed by atoms with E-state index in [1.54, 1.807) is 30.7 Å². The van der Waals surface area contributed by atoms with Crippen LogP contribution in [0.1, 0.15) is 5.82 Å². The molecule has 0 aliphatic carbocycles. The first-order valence-corrected chi connectivity index (χ1v) is 9.00. The van der Waals surface area contributed by atoms with Crippen LogP contribution in [0.25, 0.3) is 32.6 Å². The number of nitrogens with zero attached hydrogens (tertiary/aromatic N) is 3. The number of halogens is 1. The Bertz CT molecular complexity index is 1390. The molecule has 0 atom stereocenters. The van der Waals surface area contributed by atoms with Crippen LogP contribution in [0.3, 0.4) is 0 Å². The number of aromatic amines is 2. The van der Waals surface area contributed by atoms with Crippen LogP contribution in [-0.2, 0) is 0 Å². The quantitative estimate of drug-likeness (QED) is 0.455. The second-order valence-electron chi connectivity index (χ2n) is 6.12. The first-order chi connectivity index (χ1) is 13.1. The second kappa shape index (κ2) is 5.88. The summed E-state index contributed by atoms with van der Waals surface area (Å²) in [7, 11) is 0. The van der Waals surface area contributed by atoms with Crippen molar-refractivity contribution in [3.05, 3.63) is 64.9 Å². The van der Waals surface area contributed by atoms with Crippen molar-refractivity contribution in [3.8, 4) is 0 Å². The summed E-state index contributed by atoms with van der Waals surface area (Å²) in [4.78, 5) is 32.3. The highest BCUT2D eigenvalue weighted by Crippen LogP contribution is 2.35. The number of aromatic nitrogens is 5. The lowest BCUT2D eigenvalue weighted by molar-refractivity contribution is 0.630. The molecule has 0 bridgehead atoms. The fourth-order valence-electron chi connectivity index (χ4n) is 3.22. The molecule has 0 amide bonds. The highest BCUT2D eigenvalue weighted by atomic mass is 32.2. The van der Waals surface area contributed by atoms with Crippen LogP contribution in [0.4, 0.5) is 4.39 Å². The lowest BCUT2D eigenvalue weighted by Crippen LogP contribution is -2.05. The van der Waals surface area contributed by atoms with Gasteiger partial charge in [-0.3, -0.25) is 4.79 Å². The molecule has 2 aromatic carbocycles. The summed E-state index contributed by atoms with van der Waals surface area (Å²) in [6.45, 7) is 1.82. The van der Waals surface area contributed by atoms with Crippen molar-refractivity contribution in [3.63, 3.8) is 0 Å². The van der Waals surface area contributed by atoms with Crippen LogP contribution in [0.2, 0.25) is 0 Å². The molecule has 0 saturated heterocycles. The van der Waals surface area contributed by atoms with E-state index in [-0.39, 0.29) is 5.56 Å². The zero-order chi connectivity index (χ0) is 18.5. The number of benzene rings is 2. The Kier molecular flexibility index (Phi) is 3.48. The van der Waals surface area contributed by atoms with Gasteiger partial charge in [0.2, 0.25) is 0 Å². The highest BCUT2D eigenvalue weighted by molar-refractivity contribution is 7.99. The molecule has 5 aromatic rings. The molecule has 0 fully saturated rings. The van der Waals surface area contributed by atoms with Crippen LogP contribution < -0.4 is 5.56 Å². The van der Waals surface area contributed by atoms with Gasteiger partial charge in [-0.1, -0.05) is 0 Å². The normalized spacial score (nSPS) is 11.6. The molecule has 0 spiro atoms. The van der Waals surface area contributed by atoms with Crippen molar-refractivity contribution in [2.24, 2.45) is 0 Å². The van der Waals surface area contributed by atoms with Gasteiger partial charge in [-0.2, -0.15) is 0 Å². The number of rotatable bonds is 2. The third-order valence-corrected chi connectivity index (χ3v) is 5.22. The third-order valence-electron chi connectivity index (χ3n) is 4.39. The van der Waals surface area contributed by atoms with Crippen LogP contribution in [0, 0.1) is 12.7 Å². The largest absolute Gasteiger partial charge is 0.332 e. The summed E-state index contributed by atoms with van der Waals surface area (Å²) in [5.41, 5.74) is 1.17. The van der Waals surface area contributed by atoms with E-state index >= 15 is 0 Å². The summed E-state index contributed by atoms with van der Waals surface area (Å²) in [6, 6.07) is 6.20. The molecular formula is C19H12FN5OS. The Morgan fingerprint density at radius 2 is 1.89 bits per heavy atom. The standard InChI is InChI=1S/C19H12FN5OS/c1-9-22-7-11(8-23-9)27-19-24-16-12-3-2-10(20)6-14(12)15-13(17(16)25-19)4-5-21-18(15)26/h2-8H,1H3,(H,21,26)(H,24,25). The fourth-order valence-corrected chi connectivity index (χ4v) is 3.94. The molecule has 6 nitrogen and oxygen atoms in total. The molecule has 0 aliphatic rings. The molecule has 0 aliphatic heterocycles. The molecule has 132 valence electrons. The minimum atomic E-state index is -0.395. The maximum absolute atomic E-state index is 13.9. The average molecular weight is 377 g/mol. The number of imidazole rings is 1. The number of hydrogen-bond acceptors (Lipinski definition) is 5. The second-order valence-corrected chi connectivity index (χ2v) is 7.18. The van der Waals surface area contributed by atoms with Crippen LogP contribution in [0.15, 0.2) is 57.7 Å². The van der Waals surface area contributed by atoms with Gasteiger partial charge in [-0.05, 0) is 43.0 Å². The fraction of sp³-hybridized carbons (Fsp3) is 0.0526. The molecule has 3 aromatic heterocycles. The smallest absolute Gasteiger partial charge is 0.256 e. The van der Waals surface area contributed by atoms with Crippen LogP contribution in [-0.4, -0.2) is 24.9 Å². The summed E-state index contributed by atoms with van der Waals surface area (Å²) in [6.07, 6.45) is 5.05. The van der Waals surface area contributed by atoms with E-state index in [0.717, 1.165) is 15.8 Å². The number of fused-ring (bicyclic) bond motifs is 6. The first kappa shape index (κ1) is 16.0. The van der Waals surface area contributed by atoms with E-state index in [1.165, 1.54) is 23.9 Å². The highest BCUT2D eigenvalue weighted by Gasteiger charge is 2.16.